The molecule has 25 heavy (non-hydrogen) atoms. The highest BCUT2D eigenvalue weighted by Crippen LogP contribution is 2.31. The highest BCUT2D eigenvalue weighted by molar-refractivity contribution is 5.71. The third-order valence-electron chi connectivity index (χ3n) is 5.37. The summed E-state index contributed by atoms with van der Waals surface area (Å²) in [5, 5.41) is 0. The Kier molecular flexibility index (Phi) is 4.25. The van der Waals surface area contributed by atoms with Crippen LogP contribution in [-0.4, -0.2) is 32.5 Å². The van der Waals surface area contributed by atoms with Gasteiger partial charge in [0.2, 0.25) is 0 Å². The van der Waals surface area contributed by atoms with Crippen LogP contribution in [-0.2, 0) is 13.6 Å². The minimum atomic E-state index is -0.144. The van der Waals surface area contributed by atoms with E-state index in [9.17, 15) is 4.39 Å². The number of benzene rings is 1. The summed E-state index contributed by atoms with van der Waals surface area (Å²) >= 11 is 0. The number of rotatable bonds is 3. The van der Waals surface area contributed by atoms with Gasteiger partial charge in [0.15, 0.2) is 5.65 Å². The molecule has 1 aliphatic heterocycles. The van der Waals surface area contributed by atoms with Gasteiger partial charge < -0.3 is 4.57 Å². The average molecular weight is 338 g/mol. The van der Waals surface area contributed by atoms with Crippen LogP contribution in [0.2, 0.25) is 0 Å². The zero-order chi connectivity index (χ0) is 17.4. The topological polar surface area (TPSA) is 34.0 Å². The Morgan fingerprint density at radius 2 is 2.00 bits per heavy atom. The van der Waals surface area contributed by atoms with Crippen molar-refractivity contribution in [3.8, 4) is 0 Å². The van der Waals surface area contributed by atoms with Gasteiger partial charge in [-0.1, -0.05) is 6.07 Å². The largest absolute Gasteiger partial charge is 0.329 e. The Bertz CT molecular complexity index is 894. The van der Waals surface area contributed by atoms with Crippen molar-refractivity contribution in [3.63, 3.8) is 0 Å². The van der Waals surface area contributed by atoms with Crippen LogP contribution >= 0.6 is 0 Å². The molecule has 0 saturated carbocycles. The van der Waals surface area contributed by atoms with E-state index in [0.29, 0.717) is 5.92 Å². The van der Waals surface area contributed by atoms with Gasteiger partial charge in [-0.05, 0) is 74.2 Å². The van der Waals surface area contributed by atoms with E-state index in [1.54, 1.807) is 18.3 Å². The van der Waals surface area contributed by atoms with Crippen LogP contribution in [0.15, 0.2) is 36.5 Å². The molecule has 0 spiro atoms. The number of imidazole rings is 1. The Balaban J connectivity index is 1.44. The van der Waals surface area contributed by atoms with Crippen LogP contribution in [0.3, 0.4) is 0 Å². The van der Waals surface area contributed by atoms with Crippen LogP contribution in [0.1, 0.15) is 35.7 Å². The second-order valence-corrected chi connectivity index (χ2v) is 6.98. The molecule has 0 bridgehead atoms. The maximum Gasteiger partial charge on any atom is 0.177 e. The van der Waals surface area contributed by atoms with E-state index in [1.165, 1.54) is 5.56 Å². The second kappa shape index (κ2) is 6.56. The van der Waals surface area contributed by atoms with Gasteiger partial charge in [-0.2, -0.15) is 0 Å². The SMILES string of the molecule is Cc1cc(F)ccc1C1CCN(Cc2nc3ncccc3n2C)CC1. The summed E-state index contributed by atoms with van der Waals surface area (Å²) in [6.07, 6.45) is 4.00. The summed E-state index contributed by atoms with van der Waals surface area (Å²) < 4.78 is 15.5. The van der Waals surface area contributed by atoms with E-state index in [1.807, 2.05) is 19.1 Å². The molecule has 4 nitrogen and oxygen atoms in total. The molecular formula is C20H23FN4. The number of aryl methyl sites for hydroxylation is 2. The number of likely N-dealkylation sites (tertiary alicyclic amines) is 1. The smallest absolute Gasteiger partial charge is 0.177 e. The van der Waals surface area contributed by atoms with Gasteiger partial charge in [-0.3, -0.25) is 4.90 Å². The van der Waals surface area contributed by atoms with E-state index < -0.39 is 0 Å². The van der Waals surface area contributed by atoms with Gasteiger partial charge in [0, 0.05) is 13.2 Å². The minimum absolute atomic E-state index is 0.144. The van der Waals surface area contributed by atoms with Crippen molar-refractivity contribution in [2.45, 2.75) is 32.2 Å². The molecule has 3 aromatic rings. The summed E-state index contributed by atoms with van der Waals surface area (Å²) in [5.41, 5.74) is 4.26. The number of fused-ring (bicyclic) bond motifs is 1. The van der Waals surface area contributed by atoms with E-state index in [2.05, 4.69) is 32.5 Å². The normalized spacial score (nSPS) is 16.6. The van der Waals surface area contributed by atoms with Gasteiger partial charge in [0.25, 0.3) is 0 Å². The molecule has 3 heterocycles. The lowest BCUT2D eigenvalue weighted by Gasteiger charge is -2.32. The van der Waals surface area contributed by atoms with Crippen molar-refractivity contribution in [1.82, 2.24) is 19.4 Å². The highest BCUT2D eigenvalue weighted by Gasteiger charge is 2.23. The Morgan fingerprint density at radius 1 is 1.20 bits per heavy atom. The summed E-state index contributed by atoms with van der Waals surface area (Å²) in [7, 11) is 2.06. The number of aromatic nitrogens is 3. The number of hydrogen-bond donors (Lipinski definition) is 0. The maximum absolute atomic E-state index is 13.3. The van der Waals surface area contributed by atoms with Gasteiger partial charge in [0.1, 0.15) is 11.6 Å². The van der Waals surface area contributed by atoms with E-state index in [0.717, 1.165) is 55.0 Å². The fraction of sp³-hybridized carbons (Fsp3) is 0.400. The van der Waals surface area contributed by atoms with Gasteiger partial charge in [0.05, 0.1) is 12.1 Å². The predicted molar refractivity (Wildman–Crippen MR) is 96.9 cm³/mol. The first-order chi connectivity index (χ1) is 12.1. The summed E-state index contributed by atoms with van der Waals surface area (Å²) in [5.74, 6) is 1.44. The van der Waals surface area contributed by atoms with Crippen LogP contribution in [0.5, 0.6) is 0 Å². The van der Waals surface area contributed by atoms with Crippen molar-refractivity contribution in [2.75, 3.05) is 13.1 Å². The standard InChI is InChI=1S/C20H23FN4/c1-14-12-16(21)5-6-17(14)15-7-10-25(11-8-15)13-19-23-20-18(24(19)2)4-3-9-22-20/h3-6,9,12,15H,7-8,10-11,13H2,1-2H3. The van der Waals surface area contributed by atoms with Gasteiger partial charge in [-0.15, -0.1) is 0 Å². The molecule has 0 N–H and O–H groups in total. The van der Waals surface area contributed by atoms with Crippen molar-refractivity contribution >= 4 is 11.2 Å². The first-order valence-corrected chi connectivity index (χ1v) is 8.86. The third kappa shape index (κ3) is 3.16. The van der Waals surface area contributed by atoms with Crippen molar-refractivity contribution in [3.05, 3.63) is 59.3 Å². The average Bonchev–Trinajstić information content (AvgIpc) is 2.92. The molecule has 1 fully saturated rings. The zero-order valence-corrected chi connectivity index (χ0v) is 14.7. The Labute approximate surface area is 147 Å². The lowest BCUT2D eigenvalue weighted by molar-refractivity contribution is 0.198. The number of piperidine rings is 1. The van der Waals surface area contributed by atoms with Crippen LogP contribution < -0.4 is 0 Å². The molecule has 0 radical (unpaired) electrons. The first kappa shape index (κ1) is 16.2. The van der Waals surface area contributed by atoms with Crippen molar-refractivity contribution < 1.29 is 4.39 Å². The third-order valence-corrected chi connectivity index (χ3v) is 5.37. The summed E-state index contributed by atoms with van der Waals surface area (Å²) in [6, 6.07) is 9.20. The molecule has 0 atom stereocenters. The highest BCUT2D eigenvalue weighted by atomic mass is 19.1. The Morgan fingerprint density at radius 3 is 2.72 bits per heavy atom. The van der Waals surface area contributed by atoms with Crippen molar-refractivity contribution in [1.29, 1.82) is 0 Å². The fourth-order valence-corrected chi connectivity index (χ4v) is 3.91. The van der Waals surface area contributed by atoms with Crippen LogP contribution in [0.4, 0.5) is 4.39 Å². The van der Waals surface area contributed by atoms with Crippen LogP contribution in [0, 0.1) is 12.7 Å². The fourth-order valence-electron chi connectivity index (χ4n) is 3.91. The lowest BCUT2D eigenvalue weighted by atomic mass is 9.87. The zero-order valence-electron chi connectivity index (χ0n) is 14.7. The lowest BCUT2D eigenvalue weighted by Crippen LogP contribution is -2.33. The van der Waals surface area contributed by atoms with E-state index in [4.69, 9.17) is 0 Å². The molecule has 2 aromatic heterocycles. The molecule has 1 aromatic carbocycles. The van der Waals surface area contributed by atoms with Gasteiger partial charge in [-0.25, -0.2) is 14.4 Å². The molecule has 0 amide bonds. The summed E-state index contributed by atoms with van der Waals surface area (Å²) in [4.78, 5) is 11.5. The number of pyridine rings is 1. The quantitative estimate of drug-likeness (QED) is 0.728. The molecular weight excluding hydrogens is 315 g/mol. The molecule has 4 rings (SSSR count). The monoisotopic (exact) mass is 338 g/mol. The number of halogens is 1. The number of hydrogen-bond acceptors (Lipinski definition) is 3. The minimum Gasteiger partial charge on any atom is -0.329 e. The van der Waals surface area contributed by atoms with E-state index >= 15 is 0 Å². The molecule has 0 aliphatic carbocycles. The number of nitrogens with zero attached hydrogens (tertiary/aromatic N) is 4. The maximum atomic E-state index is 13.3. The first-order valence-electron chi connectivity index (χ1n) is 8.86. The summed E-state index contributed by atoms with van der Waals surface area (Å²) in [6.45, 7) is 4.94. The Hall–Kier alpha value is -2.27. The molecule has 1 aliphatic rings. The van der Waals surface area contributed by atoms with Crippen molar-refractivity contribution in [2.24, 2.45) is 7.05 Å². The predicted octanol–water partition coefficient (Wildman–Crippen LogP) is 3.80. The molecule has 5 heteroatoms. The molecule has 0 unspecified atom stereocenters. The molecule has 1 saturated heterocycles. The second-order valence-electron chi connectivity index (χ2n) is 6.98. The molecule has 130 valence electrons. The van der Waals surface area contributed by atoms with E-state index in [-0.39, 0.29) is 5.82 Å². The van der Waals surface area contributed by atoms with Crippen LogP contribution in [0.25, 0.3) is 11.2 Å². The van der Waals surface area contributed by atoms with Gasteiger partial charge >= 0.3 is 0 Å².